The molecular weight excluding hydrogens is 254 g/mol. The predicted octanol–water partition coefficient (Wildman–Crippen LogP) is 0.855. The Kier molecular flexibility index (Phi) is 5.04. The summed E-state index contributed by atoms with van der Waals surface area (Å²) in [5, 5.41) is 13.1. The smallest absolute Gasteiger partial charge is 0.325 e. The van der Waals surface area contributed by atoms with E-state index in [-0.39, 0.29) is 0 Å². The maximum absolute atomic E-state index is 11.9. The summed E-state index contributed by atoms with van der Waals surface area (Å²) in [5.74, 6) is -0.367. The van der Waals surface area contributed by atoms with Gasteiger partial charge in [-0.2, -0.15) is 0 Å². The first-order chi connectivity index (χ1) is 9.49. The van der Waals surface area contributed by atoms with E-state index >= 15 is 0 Å². The fourth-order valence-electron chi connectivity index (χ4n) is 3.49. The van der Waals surface area contributed by atoms with E-state index in [1.54, 1.807) is 0 Å². The number of nitrogens with one attached hydrogen (secondary N) is 1. The summed E-state index contributed by atoms with van der Waals surface area (Å²) in [6.07, 6.45) is 4.47. The molecule has 1 aliphatic carbocycles. The molecule has 5 nitrogen and oxygen atoms in total. The van der Waals surface area contributed by atoms with E-state index in [1.807, 2.05) is 6.92 Å². The first-order valence-electron chi connectivity index (χ1n) is 7.86. The van der Waals surface area contributed by atoms with Gasteiger partial charge in [0.15, 0.2) is 0 Å². The minimum atomic E-state index is -0.733. The van der Waals surface area contributed by atoms with Crippen LogP contribution in [-0.4, -0.2) is 72.7 Å². The fraction of sp³-hybridized carbons (Fsp3) is 0.933. The number of rotatable bonds is 7. The van der Waals surface area contributed by atoms with Gasteiger partial charge in [0, 0.05) is 19.1 Å². The number of carboxylic acid groups (broad SMARTS) is 1. The molecule has 1 saturated carbocycles. The van der Waals surface area contributed by atoms with E-state index in [1.165, 1.54) is 6.42 Å². The fourth-order valence-corrected chi connectivity index (χ4v) is 3.49. The van der Waals surface area contributed by atoms with Crippen LogP contribution in [0.5, 0.6) is 0 Å². The van der Waals surface area contributed by atoms with Gasteiger partial charge in [-0.1, -0.05) is 6.92 Å². The van der Waals surface area contributed by atoms with Crippen molar-refractivity contribution in [3.05, 3.63) is 0 Å². The van der Waals surface area contributed by atoms with Crippen molar-refractivity contribution >= 4 is 5.97 Å². The van der Waals surface area contributed by atoms with Crippen molar-refractivity contribution in [2.45, 2.75) is 44.2 Å². The standard InChI is InChI=1S/C15H29N3O2/c1-4-16-15(14(19)20,12-7-8-12)11-18-9-5-6-13(10-18)17(2)3/h12-13,16H,4-11H2,1-3H3,(H,19,20). The minimum Gasteiger partial charge on any atom is -0.480 e. The Bertz CT molecular complexity index is 344. The first kappa shape index (κ1) is 15.7. The van der Waals surface area contributed by atoms with Crippen LogP contribution in [0.25, 0.3) is 0 Å². The molecule has 2 fully saturated rings. The third-order valence-electron chi connectivity index (χ3n) is 4.83. The average Bonchev–Trinajstić information content (AvgIpc) is 3.22. The Labute approximate surface area is 122 Å². The molecule has 2 rings (SSSR count). The highest BCUT2D eigenvalue weighted by molar-refractivity contribution is 5.80. The lowest BCUT2D eigenvalue weighted by molar-refractivity contribution is -0.147. The Morgan fingerprint density at radius 1 is 1.40 bits per heavy atom. The molecule has 5 heteroatoms. The van der Waals surface area contributed by atoms with Gasteiger partial charge >= 0.3 is 5.97 Å². The Morgan fingerprint density at radius 3 is 2.60 bits per heavy atom. The molecular formula is C15H29N3O2. The van der Waals surface area contributed by atoms with E-state index in [4.69, 9.17) is 0 Å². The summed E-state index contributed by atoms with van der Waals surface area (Å²) in [4.78, 5) is 16.5. The van der Waals surface area contributed by atoms with Gasteiger partial charge in [-0.05, 0) is 58.8 Å². The number of piperidine rings is 1. The Balaban J connectivity index is 2.05. The maximum Gasteiger partial charge on any atom is 0.325 e. The molecule has 1 heterocycles. The van der Waals surface area contributed by atoms with Crippen LogP contribution in [-0.2, 0) is 4.79 Å². The van der Waals surface area contributed by atoms with Gasteiger partial charge in [0.2, 0.25) is 0 Å². The summed E-state index contributed by atoms with van der Waals surface area (Å²) < 4.78 is 0. The SMILES string of the molecule is CCNC(CN1CCCC(N(C)C)C1)(C(=O)O)C1CC1. The molecule has 0 aromatic rings. The number of likely N-dealkylation sites (tertiary alicyclic amines) is 1. The van der Waals surface area contributed by atoms with Crippen LogP contribution < -0.4 is 5.32 Å². The number of hydrogen-bond donors (Lipinski definition) is 2. The monoisotopic (exact) mass is 283 g/mol. The lowest BCUT2D eigenvalue weighted by Crippen LogP contribution is -2.62. The van der Waals surface area contributed by atoms with Crippen LogP contribution >= 0.6 is 0 Å². The molecule has 20 heavy (non-hydrogen) atoms. The number of carboxylic acids is 1. The van der Waals surface area contributed by atoms with Crippen LogP contribution in [0.2, 0.25) is 0 Å². The number of carbonyl (C=O) groups is 1. The van der Waals surface area contributed by atoms with Gasteiger partial charge in [0.1, 0.15) is 5.54 Å². The van der Waals surface area contributed by atoms with Crippen LogP contribution in [0.15, 0.2) is 0 Å². The van der Waals surface area contributed by atoms with Crippen LogP contribution in [0, 0.1) is 5.92 Å². The largest absolute Gasteiger partial charge is 0.480 e. The molecule has 116 valence electrons. The normalized spacial score (nSPS) is 27.5. The van der Waals surface area contributed by atoms with E-state index < -0.39 is 11.5 Å². The van der Waals surface area contributed by atoms with E-state index in [9.17, 15) is 9.90 Å². The van der Waals surface area contributed by atoms with Crippen LogP contribution in [0.4, 0.5) is 0 Å². The zero-order valence-electron chi connectivity index (χ0n) is 13.1. The molecule has 0 amide bonds. The summed E-state index contributed by atoms with van der Waals surface area (Å²) in [5.41, 5.74) is -0.733. The van der Waals surface area contributed by atoms with Crippen LogP contribution in [0.1, 0.15) is 32.6 Å². The molecule has 0 aromatic heterocycles. The second kappa shape index (κ2) is 6.41. The summed E-state index contributed by atoms with van der Waals surface area (Å²) in [6.45, 7) is 5.37. The summed E-state index contributed by atoms with van der Waals surface area (Å²) in [7, 11) is 4.23. The van der Waals surface area contributed by atoms with Crippen molar-refractivity contribution in [3.63, 3.8) is 0 Å². The van der Waals surface area contributed by atoms with Crippen molar-refractivity contribution < 1.29 is 9.90 Å². The lowest BCUT2D eigenvalue weighted by Gasteiger charge is -2.41. The summed E-state index contributed by atoms with van der Waals surface area (Å²) in [6, 6.07) is 0.552. The molecule has 0 bridgehead atoms. The van der Waals surface area contributed by atoms with Crippen molar-refractivity contribution in [1.29, 1.82) is 0 Å². The molecule has 2 N–H and O–H groups in total. The highest BCUT2D eigenvalue weighted by Gasteiger charge is 2.51. The number of likely N-dealkylation sites (N-methyl/N-ethyl adjacent to an activating group) is 2. The second-order valence-electron chi connectivity index (χ2n) is 6.58. The molecule has 1 saturated heterocycles. The Hall–Kier alpha value is -0.650. The number of nitrogens with zero attached hydrogens (tertiary/aromatic N) is 2. The highest BCUT2D eigenvalue weighted by atomic mass is 16.4. The van der Waals surface area contributed by atoms with E-state index in [0.29, 0.717) is 25.0 Å². The van der Waals surface area contributed by atoms with Gasteiger partial charge in [0.25, 0.3) is 0 Å². The van der Waals surface area contributed by atoms with Gasteiger partial charge in [-0.3, -0.25) is 9.69 Å². The van der Waals surface area contributed by atoms with Gasteiger partial charge in [0.05, 0.1) is 0 Å². The molecule has 2 atom stereocenters. The molecule has 0 radical (unpaired) electrons. The lowest BCUT2D eigenvalue weighted by atomic mass is 9.91. The second-order valence-corrected chi connectivity index (χ2v) is 6.58. The van der Waals surface area contributed by atoms with Crippen LogP contribution in [0.3, 0.4) is 0 Å². The third kappa shape index (κ3) is 3.32. The van der Waals surface area contributed by atoms with Gasteiger partial charge in [-0.15, -0.1) is 0 Å². The number of aliphatic carboxylic acids is 1. The topological polar surface area (TPSA) is 55.8 Å². The zero-order chi connectivity index (χ0) is 14.8. The predicted molar refractivity (Wildman–Crippen MR) is 79.9 cm³/mol. The van der Waals surface area contributed by atoms with E-state index in [0.717, 1.165) is 32.4 Å². The molecule has 2 aliphatic rings. The number of hydrogen-bond acceptors (Lipinski definition) is 4. The molecule has 0 spiro atoms. The van der Waals surface area contributed by atoms with Gasteiger partial charge < -0.3 is 15.3 Å². The zero-order valence-corrected chi connectivity index (χ0v) is 13.1. The maximum atomic E-state index is 11.9. The molecule has 2 unspecified atom stereocenters. The summed E-state index contributed by atoms with van der Waals surface area (Å²) >= 11 is 0. The first-order valence-corrected chi connectivity index (χ1v) is 7.86. The van der Waals surface area contributed by atoms with Crippen molar-refractivity contribution in [2.75, 3.05) is 40.3 Å². The highest BCUT2D eigenvalue weighted by Crippen LogP contribution is 2.40. The molecule has 1 aliphatic heterocycles. The Morgan fingerprint density at radius 2 is 2.10 bits per heavy atom. The van der Waals surface area contributed by atoms with Crippen molar-refractivity contribution in [2.24, 2.45) is 5.92 Å². The quantitative estimate of drug-likeness (QED) is 0.726. The van der Waals surface area contributed by atoms with E-state index in [2.05, 4.69) is 29.2 Å². The minimum absolute atomic E-state index is 0.305. The van der Waals surface area contributed by atoms with Crippen molar-refractivity contribution in [1.82, 2.24) is 15.1 Å². The third-order valence-corrected chi connectivity index (χ3v) is 4.83. The molecule has 0 aromatic carbocycles. The van der Waals surface area contributed by atoms with Gasteiger partial charge in [-0.25, -0.2) is 0 Å². The average molecular weight is 283 g/mol. The van der Waals surface area contributed by atoms with Crippen molar-refractivity contribution in [3.8, 4) is 0 Å².